The van der Waals surface area contributed by atoms with Gasteiger partial charge in [-0.1, -0.05) is 26.8 Å². The molecule has 0 N–H and O–H groups in total. The van der Waals surface area contributed by atoms with E-state index in [1.807, 2.05) is 27.8 Å². The van der Waals surface area contributed by atoms with Crippen molar-refractivity contribution in [2.75, 3.05) is 6.61 Å². The molecule has 0 spiro atoms. The molecule has 2 aromatic heterocycles. The molecule has 1 aliphatic rings. The predicted molar refractivity (Wildman–Crippen MR) is 128 cm³/mol. The van der Waals surface area contributed by atoms with Crippen molar-refractivity contribution < 1.29 is 9.16 Å². The zero-order chi connectivity index (χ0) is 22.2. The van der Waals surface area contributed by atoms with Crippen molar-refractivity contribution in [2.45, 2.75) is 70.9 Å². The van der Waals surface area contributed by atoms with Crippen LogP contribution < -0.4 is 4.43 Å². The first-order chi connectivity index (χ1) is 14.7. The highest BCUT2D eigenvalue weighted by molar-refractivity contribution is 6.74. The van der Waals surface area contributed by atoms with E-state index in [0.29, 0.717) is 6.54 Å². The van der Waals surface area contributed by atoms with Gasteiger partial charge in [0.1, 0.15) is 11.4 Å². The molecule has 166 valence electrons. The second-order valence-electron chi connectivity index (χ2n) is 9.90. The molecule has 0 saturated carbocycles. The average Bonchev–Trinajstić information content (AvgIpc) is 3.32. The molecule has 1 aliphatic heterocycles. The third kappa shape index (κ3) is 4.34. The second-order valence-corrected chi connectivity index (χ2v) is 14.6. The standard InChI is InChI=1S/C24H34N4O2Si/c1-7-13-27-17-18(16-25-27)23-20-15-19(30-31(5,6)24(2,3)4)11-12-21(20)28(26-23)22-10-8-9-14-29-22/h7,11-12,15-17,22H,1,8-10,13-14H2,2-6H3. The van der Waals surface area contributed by atoms with Gasteiger partial charge in [0, 0.05) is 23.8 Å². The maximum Gasteiger partial charge on any atom is 0.250 e. The topological polar surface area (TPSA) is 54.1 Å². The Kier molecular flexibility index (Phi) is 5.83. The highest BCUT2D eigenvalue weighted by Gasteiger charge is 2.39. The fourth-order valence-corrected chi connectivity index (χ4v) is 4.72. The summed E-state index contributed by atoms with van der Waals surface area (Å²) in [5.74, 6) is 0.905. The normalized spacial score (nSPS) is 17.8. The van der Waals surface area contributed by atoms with Gasteiger partial charge < -0.3 is 9.16 Å². The molecule has 31 heavy (non-hydrogen) atoms. The first-order valence-corrected chi connectivity index (χ1v) is 14.1. The molecule has 7 heteroatoms. The largest absolute Gasteiger partial charge is 0.543 e. The van der Waals surface area contributed by atoms with E-state index in [4.69, 9.17) is 14.3 Å². The molecule has 0 bridgehead atoms. The molecule has 1 atom stereocenters. The van der Waals surface area contributed by atoms with Gasteiger partial charge >= 0.3 is 0 Å². The lowest BCUT2D eigenvalue weighted by Gasteiger charge is -2.36. The Bertz CT molecular complexity index is 1070. The van der Waals surface area contributed by atoms with Crippen LogP contribution in [0.15, 0.2) is 43.2 Å². The molecule has 0 aliphatic carbocycles. The quantitative estimate of drug-likeness (QED) is 0.341. The van der Waals surface area contributed by atoms with E-state index in [9.17, 15) is 0 Å². The lowest BCUT2D eigenvalue weighted by atomic mass is 10.1. The molecule has 4 rings (SSSR count). The molecular weight excluding hydrogens is 404 g/mol. The molecule has 6 nitrogen and oxygen atoms in total. The van der Waals surface area contributed by atoms with Crippen LogP contribution in [0, 0.1) is 0 Å². The van der Waals surface area contributed by atoms with E-state index in [2.05, 4.69) is 63.7 Å². The SMILES string of the molecule is C=CCn1cc(-c2nn(C3CCCCO3)c3ccc(O[Si](C)(C)C(C)(C)C)cc23)cn1. The fraction of sp³-hybridized carbons (Fsp3) is 0.500. The van der Waals surface area contributed by atoms with E-state index in [1.54, 1.807) is 0 Å². The van der Waals surface area contributed by atoms with E-state index < -0.39 is 8.32 Å². The zero-order valence-corrected chi connectivity index (χ0v) is 20.4. The fourth-order valence-electron chi connectivity index (χ4n) is 3.70. The number of hydrogen-bond donors (Lipinski definition) is 0. The van der Waals surface area contributed by atoms with Gasteiger partial charge in [0.2, 0.25) is 8.32 Å². The summed E-state index contributed by atoms with van der Waals surface area (Å²) >= 11 is 0. The number of fused-ring (bicyclic) bond motifs is 1. The monoisotopic (exact) mass is 438 g/mol. The van der Waals surface area contributed by atoms with Crippen molar-refractivity contribution >= 4 is 19.2 Å². The number of hydrogen-bond acceptors (Lipinski definition) is 4. The molecular formula is C24H34N4O2Si. The van der Waals surface area contributed by atoms with Gasteiger partial charge in [-0.05, 0) is 55.6 Å². The Morgan fingerprint density at radius 3 is 2.77 bits per heavy atom. The Morgan fingerprint density at radius 1 is 1.29 bits per heavy atom. The third-order valence-corrected chi connectivity index (χ3v) is 10.9. The van der Waals surface area contributed by atoms with Gasteiger partial charge in [0.25, 0.3) is 0 Å². The van der Waals surface area contributed by atoms with Crippen LogP contribution in [-0.4, -0.2) is 34.5 Å². The highest BCUT2D eigenvalue weighted by Crippen LogP contribution is 2.39. The van der Waals surface area contributed by atoms with Gasteiger partial charge in [0.05, 0.1) is 18.3 Å². The minimum atomic E-state index is -1.94. The van der Waals surface area contributed by atoms with Crippen LogP contribution in [0.3, 0.4) is 0 Å². The smallest absolute Gasteiger partial charge is 0.250 e. The summed E-state index contributed by atoms with van der Waals surface area (Å²) in [7, 11) is -1.94. The summed E-state index contributed by atoms with van der Waals surface area (Å²) < 4.78 is 16.6. The van der Waals surface area contributed by atoms with Crippen molar-refractivity contribution in [1.82, 2.24) is 19.6 Å². The summed E-state index contributed by atoms with van der Waals surface area (Å²) in [6.07, 6.45) is 8.96. The first kappa shape index (κ1) is 21.8. The van der Waals surface area contributed by atoms with Gasteiger partial charge in [-0.2, -0.15) is 10.2 Å². The summed E-state index contributed by atoms with van der Waals surface area (Å²) in [4.78, 5) is 0. The van der Waals surface area contributed by atoms with E-state index >= 15 is 0 Å². The van der Waals surface area contributed by atoms with Gasteiger partial charge in [-0.3, -0.25) is 4.68 Å². The maximum absolute atomic E-state index is 6.60. The molecule has 1 fully saturated rings. The van der Waals surface area contributed by atoms with Gasteiger partial charge in [-0.25, -0.2) is 4.68 Å². The Morgan fingerprint density at radius 2 is 2.10 bits per heavy atom. The van der Waals surface area contributed by atoms with Crippen LogP contribution >= 0.6 is 0 Å². The van der Waals surface area contributed by atoms with E-state index in [0.717, 1.165) is 53.8 Å². The predicted octanol–water partition coefficient (Wildman–Crippen LogP) is 6.17. The first-order valence-electron chi connectivity index (χ1n) is 11.2. The number of ether oxygens (including phenoxy) is 1. The zero-order valence-electron chi connectivity index (χ0n) is 19.4. The molecule has 1 aromatic carbocycles. The Balaban J connectivity index is 1.80. The Hall–Kier alpha value is -2.38. The van der Waals surface area contributed by atoms with Crippen LogP contribution in [0.2, 0.25) is 18.1 Å². The van der Waals surface area contributed by atoms with Crippen LogP contribution in [-0.2, 0) is 11.3 Å². The van der Waals surface area contributed by atoms with Crippen LogP contribution in [0.1, 0.15) is 46.3 Å². The van der Waals surface area contributed by atoms with Crippen molar-refractivity contribution in [3.8, 4) is 17.0 Å². The van der Waals surface area contributed by atoms with Gasteiger partial charge in [0.15, 0.2) is 6.23 Å². The van der Waals surface area contributed by atoms with Crippen molar-refractivity contribution in [1.29, 1.82) is 0 Å². The van der Waals surface area contributed by atoms with Gasteiger partial charge in [-0.15, -0.1) is 6.58 Å². The number of aromatic nitrogens is 4. The summed E-state index contributed by atoms with van der Waals surface area (Å²) in [5, 5.41) is 10.7. The molecule has 1 saturated heterocycles. The maximum atomic E-state index is 6.60. The van der Waals surface area contributed by atoms with Crippen molar-refractivity contribution in [2.24, 2.45) is 0 Å². The molecule has 1 unspecified atom stereocenters. The summed E-state index contributed by atoms with van der Waals surface area (Å²) in [5.41, 5.74) is 2.98. The number of benzene rings is 1. The Labute approximate surface area is 186 Å². The summed E-state index contributed by atoms with van der Waals surface area (Å²) in [6.45, 7) is 16.6. The lowest BCUT2D eigenvalue weighted by molar-refractivity contribution is -0.0365. The van der Waals surface area contributed by atoms with Crippen LogP contribution in [0.5, 0.6) is 5.75 Å². The number of allylic oxidation sites excluding steroid dienone is 1. The van der Waals surface area contributed by atoms with E-state index in [-0.39, 0.29) is 11.3 Å². The van der Waals surface area contributed by atoms with Crippen LogP contribution in [0.25, 0.3) is 22.2 Å². The van der Waals surface area contributed by atoms with Crippen molar-refractivity contribution in [3.63, 3.8) is 0 Å². The number of nitrogens with zero attached hydrogens (tertiary/aromatic N) is 4. The van der Waals surface area contributed by atoms with Crippen LogP contribution in [0.4, 0.5) is 0 Å². The average molecular weight is 439 g/mol. The molecule has 0 radical (unpaired) electrons. The lowest BCUT2D eigenvalue weighted by Crippen LogP contribution is -2.43. The van der Waals surface area contributed by atoms with Crippen molar-refractivity contribution in [3.05, 3.63) is 43.2 Å². The minimum Gasteiger partial charge on any atom is -0.543 e. The molecule has 0 amide bonds. The number of rotatable bonds is 6. The highest BCUT2D eigenvalue weighted by atomic mass is 28.4. The molecule has 3 aromatic rings. The molecule has 3 heterocycles. The summed E-state index contributed by atoms with van der Waals surface area (Å²) in [6, 6.07) is 6.34. The van der Waals surface area contributed by atoms with E-state index in [1.165, 1.54) is 0 Å². The third-order valence-electron chi connectivity index (χ3n) is 6.51. The minimum absolute atomic E-state index is 0.0274. The second kappa shape index (κ2) is 8.28.